The normalized spacial score (nSPS) is 11.5. The quantitative estimate of drug-likeness (QED) is 0.150. The molecule has 2 heterocycles. The SMILES string of the molecule is N#CN(CCCCCCCCCCN(C#N)C(N)=Nc1ccncc1)C(N)=Nc1ccncc1. The van der Waals surface area contributed by atoms with Gasteiger partial charge in [-0.3, -0.25) is 9.97 Å². The first-order valence-electron chi connectivity index (χ1n) is 11.5. The molecule has 2 aromatic rings. The molecule has 0 fully saturated rings. The Balaban J connectivity index is 1.54. The summed E-state index contributed by atoms with van der Waals surface area (Å²) in [6.07, 6.45) is 19.1. The zero-order chi connectivity index (χ0) is 24.4. The minimum Gasteiger partial charge on any atom is -0.369 e. The van der Waals surface area contributed by atoms with Crippen molar-refractivity contribution in [3.8, 4) is 12.4 Å². The number of rotatable bonds is 13. The van der Waals surface area contributed by atoms with E-state index in [-0.39, 0.29) is 11.9 Å². The van der Waals surface area contributed by atoms with Gasteiger partial charge < -0.3 is 11.5 Å². The molecule has 0 saturated heterocycles. The van der Waals surface area contributed by atoms with E-state index >= 15 is 0 Å². The van der Waals surface area contributed by atoms with Crippen LogP contribution in [0.25, 0.3) is 0 Å². The third kappa shape index (κ3) is 9.96. The average molecular weight is 461 g/mol. The first-order valence-corrected chi connectivity index (χ1v) is 11.5. The first-order chi connectivity index (χ1) is 16.6. The van der Waals surface area contributed by atoms with Crippen LogP contribution in [0.15, 0.2) is 59.0 Å². The lowest BCUT2D eigenvalue weighted by Gasteiger charge is -2.14. The fourth-order valence-corrected chi connectivity index (χ4v) is 3.25. The third-order valence-electron chi connectivity index (χ3n) is 5.12. The van der Waals surface area contributed by atoms with Crippen molar-refractivity contribution in [3.05, 3.63) is 49.1 Å². The van der Waals surface area contributed by atoms with Crippen molar-refractivity contribution in [1.29, 1.82) is 10.5 Å². The molecule has 0 aliphatic carbocycles. The second-order valence-corrected chi connectivity index (χ2v) is 7.68. The Morgan fingerprint density at radius 3 is 1.29 bits per heavy atom. The zero-order valence-corrected chi connectivity index (χ0v) is 19.4. The lowest BCUT2D eigenvalue weighted by Crippen LogP contribution is -2.34. The molecule has 34 heavy (non-hydrogen) atoms. The Labute approximate surface area is 201 Å². The summed E-state index contributed by atoms with van der Waals surface area (Å²) in [6, 6.07) is 6.97. The van der Waals surface area contributed by atoms with Crippen LogP contribution in [0.1, 0.15) is 51.4 Å². The van der Waals surface area contributed by atoms with Crippen molar-refractivity contribution in [2.24, 2.45) is 21.5 Å². The minimum atomic E-state index is 0.201. The van der Waals surface area contributed by atoms with E-state index < -0.39 is 0 Å². The number of hydrogen-bond donors (Lipinski definition) is 2. The van der Waals surface area contributed by atoms with Gasteiger partial charge in [-0.2, -0.15) is 10.5 Å². The lowest BCUT2D eigenvalue weighted by molar-refractivity contribution is 0.489. The van der Waals surface area contributed by atoms with Gasteiger partial charge in [-0.15, -0.1) is 0 Å². The van der Waals surface area contributed by atoms with Gasteiger partial charge in [-0.25, -0.2) is 19.8 Å². The van der Waals surface area contributed by atoms with E-state index in [2.05, 4.69) is 32.3 Å². The predicted octanol–water partition coefficient (Wildman–Crippen LogP) is 3.76. The summed E-state index contributed by atoms with van der Waals surface area (Å²) < 4.78 is 0. The van der Waals surface area contributed by atoms with Crippen molar-refractivity contribution in [2.45, 2.75) is 51.4 Å². The molecule has 0 aliphatic heterocycles. The highest BCUT2D eigenvalue weighted by Gasteiger charge is 2.08. The number of aromatic nitrogens is 2. The Bertz CT molecular complexity index is 895. The lowest BCUT2D eigenvalue weighted by atomic mass is 10.1. The van der Waals surface area contributed by atoms with Crippen LogP contribution in [0, 0.1) is 22.9 Å². The van der Waals surface area contributed by atoms with Crippen LogP contribution < -0.4 is 11.5 Å². The van der Waals surface area contributed by atoms with Crippen molar-refractivity contribution in [1.82, 2.24) is 19.8 Å². The Kier molecular flexibility index (Phi) is 12.0. The molecule has 10 nitrogen and oxygen atoms in total. The number of nitrogens with zero attached hydrogens (tertiary/aromatic N) is 8. The zero-order valence-electron chi connectivity index (χ0n) is 19.4. The standard InChI is InChI=1S/C24H32N10/c25-19-33(23(27)31-21-9-13-29-14-10-21)17-7-5-3-1-2-4-6-8-18-34(20-26)24(28)32-22-11-15-30-16-12-22/h9-16H,1-8,17-18H2,(H2,27,29,31)(H2,28,30,32). The second-order valence-electron chi connectivity index (χ2n) is 7.68. The van der Waals surface area contributed by atoms with Crippen LogP contribution in [0.4, 0.5) is 11.4 Å². The summed E-state index contributed by atoms with van der Waals surface area (Å²) in [7, 11) is 0. The van der Waals surface area contributed by atoms with E-state index in [0.717, 1.165) is 51.4 Å². The Morgan fingerprint density at radius 1 is 0.647 bits per heavy atom. The van der Waals surface area contributed by atoms with Crippen molar-refractivity contribution >= 4 is 23.3 Å². The molecule has 0 atom stereocenters. The molecule has 178 valence electrons. The van der Waals surface area contributed by atoms with E-state index in [9.17, 15) is 10.5 Å². The molecule has 0 amide bonds. The molecule has 0 spiro atoms. The summed E-state index contributed by atoms with van der Waals surface area (Å²) in [5, 5.41) is 18.6. The van der Waals surface area contributed by atoms with Crippen LogP contribution in [0.3, 0.4) is 0 Å². The number of aliphatic imine (C=N–C) groups is 2. The average Bonchev–Trinajstić information content (AvgIpc) is 2.86. The first kappa shape index (κ1) is 26.1. The van der Waals surface area contributed by atoms with Gasteiger partial charge in [0.15, 0.2) is 12.4 Å². The number of guanidine groups is 2. The molecule has 10 heteroatoms. The van der Waals surface area contributed by atoms with E-state index in [1.54, 1.807) is 49.1 Å². The Hall–Kier alpha value is -4.18. The van der Waals surface area contributed by atoms with E-state index in [1.807, 2.05) is 0 Å². The predicted molar refractivity (Wildman–Crippen MR) is 133 cm³/mol. The fourth-order valence-electron chi connectivity index (χ4n) is 3.25. The summed E-state index contributed by atoms with van der Waals surface area (Å²) >= 11 is 0. The van der Waals surface area contributed by atoms with E-state index in [0.29, 0.717) is 24.5 Å². The molecule has 0 unspecified atom stereocenters. The van der Waals surface area contributed by atoms with E-state index in [4.69, 9.17) is 11.5 Å². The molecular formula is C24H32N10. The number of hydrogen-bond acceptors (Lipinski definition) is 6. The van der Waals surface area contributed by atoms with Crippen molar-refractivity contribution in [2.75, 3.05) is 13.1 Å². The van der Waals surface area contributed by atoms with Gasteiger partial charge in [-0.1, -0.05) is 38.5 Å². The molecule has 0 bridgehead atoms. The largest absolute Gasteiger partial charge is 0.369 e. The summed E-state index contributed by atoms with van der Waals surface area (Å²) in [6.45, 7) is 1.12. The van der Waals surface area contributed by atoms with Crippen molar-refractivity contribution in [3.63, 3.8) is 0 Å². The smallest absolute Gasteiger partial charge is 0.209 e. The maximum Gasteiger partial charge on any atom is 0.209 e. The van der Waals surface area contributed by atoms with Crippen molar-refractivity contribution < 1.29 is 0 Å². The Morgan fingerprint density at radius 2 is 0.971 bits per heavy atom. The summed E-state index contributed by atoms with van der Waals surface area (Å²) in [5.41, 5.74) is 13.2. The molecule has 0 aromatic carbocycles. The molecule has 4 N–H and O–H groups in total. The van der Waals surface area contributed by atoms with Crippen LogP contribution in [0.2, 0.25) is 0 Å². The molecule has 0 radical (unpaired) electrons. The molecular weight excluding hydrogens is 428 g/mol. The van der Waals surface area contributed by atoms with Gasteiger partial charge in [0.1, 0.15) is 0 Å². The van der Waals surface area contributed by atoms with Gasteiger partial charge in [0.25, 0.3) is 0 Å². The van der Waals surface area contributed by atoms with Crippen LogP contribution in [-0.2, 0) is 0 Å². The van der Waals surface area contributed by atoms with Crippen LogP contribution >= 0.6 is 0 Å². The number of unbranched alkanes of at least 4 members (excludes halogenated alkanes) is 7. The van der Waals surface area contributed by atoms with Gasteiger partial charge in [0.05, 0.1) is 11.4 Å². The molecule has 0 saturated carbocycles. The maximum atomic E-state index is 9.32. The van der Waals surface area contributed by atoms with E-state index in [1.165, 1.54) is 9.80 Å². The van der Waals surface area contributed by atoms with Gasteiger partial charge in [0, 0.05) is 37.9 Å². The fraction of sp³-hybridized carbons (Fsp3) is 0.417. The molecule has 2 aromatic heterocycles. The monoisotopic (exact) mass is 460 g/mol. The third-order valence-corrected chi connectivity index (χ3v) is 5.12. The number of nitriles is 2. The highest BCUT2D eigenvalue weighted by Crippen LogP contribution is 2.12. The highest BCUT2D eigenvalue weighted by atomic mass is 15.2. The summed E-state index contributed by atoms with van der Waals surface area (Å²) in [5.74, 6) is 0.401. The molecule has 0 aliphatic rings. The second kappa shape index (κ2) is 15.6. The summed E-state index contributed by atoms with van der Waals surface area (Å²) in [4.78, 5) is 19.2. The topological polar surface area (TPSA) is 157 Å². The van der Waals surface area contributed by atoms with Crippen LogP contribution in [0.5, 0.6) is 0 Å². The van der Waals surface area contributed by atoms with Gasteiger partial charge >= 0.3 is 0 Å². The van der Waals surface area contributed by atoms with Gasteiger partial charge in [0.2, 0.25) is 11.9 Å². The van der Waals surface area contributed by atoms with Crippen LogP contribution in [-0.4, -0.2) is 44.8 Å². The number of nitrogens with two attached hydrogens (primary N) is 2. The minimum absolute atomic E-state index is 0.201. The number of pyridine rings is 2. The maximum absolute atomic E-state index is 9.32. The highest BCUT2D eigenvalue weighted by molar-refractivity contribution is 5.82. The molecule has 2 rings (SSSR count). The van der Waals surface area contributed by atoms with Gasteiger partial charge in [-0.05, 0) is 37.1 Å².